The van der Waals surface area contributed by atoms with Gasteiger partial charge in [-0.25, -0.2) is 0 Å². The largest absolute Gasteiger partial charge is 0.392 e. The number of likely N-dealkylation sites (tertiary alicyclic amines) is 1. The predicted octanol–water partition coefficient (Wildman–Crippen LogP) is 1.35. The van der Waals surface area contributed by atoms with E-state index in [0.29, 0.717) is 12.5 Å². The maximum Gasteiger partial charge on any atom is 0.0693 e. The Labute approximate surface area is 103 Å². The molecule has 3 heteroatoms. The number of aliphatic hydroxyl groups excluding tert-OH is 1. The molecule has 1 aliphatic rings. The first-order valence-electron chi connectivity index (χ1n) is 6.38. The van der Waals surface area contributed by atoms with Crippen molar-refractivity contribution in [1.82, 2.24) is 4.90 Å². The van der Waals surface area contributed by atoms with Gasteiger partial charge in [-0.15, -0.1) is 0 Å². The summed E-state index contributed by atoms with van der Waals surface area (Å²) in [6.07, 6.45) is 0.889. The van der Waals surface area contributed by atoms with Crippen LogP contribution >= 0.6 is 0 Å². The fourth-order valence-electron chi connectivity index (χ4n) is 2.41. The van der Waals surface area contributed by atoms with Crippen LogP contribution in [-0.4, -0.2) is 29.2 Å². The van der Waals surface area contributed by atoms with E-state index >= 15 is 0 Å². The van der Waals surface area contributed by atoms with Crippen LogP contribution < -0.4 is 5.73 Å². The van der Waals surface area contributed by atoms with Crippen molar-refractivity contribution in [3.05, 3.63) is 35.4 Å². The Bertz CT molecular complexity index is 367. The predicted molar refractivity (Wildman–Crippen MR) is 69.4 cm³/mol. The van der Waals surface area contributed by atoms with E-state index in [2.05, 4.69) is 30.0 Å². The lowest BCUT2D eigenvalue weighted by molar-refractivity contribution is 0.0258. The Morgan fingerprint density at radius 1 is 1.35 bits per heavy atom. The molecule has 0 radical (unpaired) electrons. The molecule has 0 spiro atoms. The fraction of sp³-hybridized carbons (Fsp3) is 0.571. The van der Waals surface area contributed by atoms with Gasteiger partial charge in [0.15, 0.2) is 0 Å². The lowest BCUT2D eigenvalue weighted by atomic mass is 9.95. The molecule has 0 saturated carbocycles. The normalized spacial score (nSPS) is 26.1. The summed E-state index contributed by atoms with van der Waals surface area (Å²) in [5.74, 6) is 0.427. The van der Waals surface area contributed by atoms with E-state index in [0.717, 1.165) is 26.1 Å². The molecule has 3 N–H and O–H groups in total. The molecule has 0 bridgehead atoms. The zero-order valence-electron chi connectivity index (χ0n) is 10.5. The van der Waals surface area contributed by atoms with Crippen molar-refractivity contribution in [3.8, 4) is 0 Å². The first-order valence-corrected chi connectivity index (χ1v) is 6.38. The number of hydrogen-bond acceptors (Lipinski definition) is 3. The lowest BCUT2D eigenvalue weighted by Gasteiger charge is -2.34. The second-order valence-electron chi connectivity index (χ2n) is 5.04. The van der Waals surface area contributed by atoms with Gasteiger partial charge in [-0.2, -0.15) is 0 Å². The third kappa shape index (κ3) is 3.06. The molecule has 2 rings (SSSR count). The van der Waals surface area contributed by atoms with Crippen molar-refractivity contribution in [2.45, 2.75) is 32.5 Å². The third-order valence-electron chi connectivity index (χ3n) is 3.74. The maximum atomic E-state index is 9.89. The van der Waals surface area contributed by atoms with Crippen LogP contribution in [0, 0.1) is 5.92 Å². The maximum absolute atomic E-state index is 9.89. The molecule has 1 aromatic rings. The molecule has 0 amide bonds. The number of β-amino-alcohol motifs (C(OH)–C–C–N with tert-alkyl or cyclic N) is 1. The van der Waals surface area contributed by atoms with Gasteiger partial charge in [0.2, 0.25) is 0 Å². The van der Waals surface area contributed by atoms with E-state index in [1.807, 2.05) is 6.07 Å². The summed E-state index contributed by atoms with van der Waals surface area (Å²) in [4.78, 5) is 2.32. The zero-order chi connectivity index (χ0) is 12.3. The van der Waals surface area contributed by atoms with Crippen LogP contribution in [0.15, 0.2) is 24.3 Å². The minimum absolute atomic E-state index is 0.186. The standard InChI is InChI=1S/C14H22N2O/c1-11-6-7-16(10-14(11)17)9-13-5-3-2-4-12(13)8-15/h2-5,11,14,17H,6-10,15H2,1H3. The first-order chi connectivity index (χ1) is 8.20. The topological polar surface area (TPSA) is 49.5 Å². The van der Waals surface area contributed by atoms with Crippen LogP contribution in [-0.2, 0) is 13.1 Å². The Morgan fingerprint density at radius 2 is 2.06 bits per heavy atom. The monoisotopic (exact) mass is 234 g/mol. The summed E-state index contributed by atoms with van der Waals surface area (Å²) in [6, 6.07) is 8.29. The summed E-state index contributed by atoms with van der Waals surface area (Å²) in [7, 11) is 0. The molecule has 17 heavy (non-hydrogen) atoms. The molecule has 1 saturated heterocycles. The van der Waals surface area contributed by atoms with Gasteiger partial charge in [-0.05, 0) is 30.0 Å². The molecule has 3 nitrogen and oxygen atoms in total. The highest BCUT2D eigenvalue weighted by atomic mass is 16.3. The first kappa shape index (κ1) is 12.6. The summed E-state index contributed by atoms with van der Waals surface area (Å²) in [5.41, 5.74) is 8.23. The summed E-state index contributed by atoms with van der Waals surface area (Å²) < 4.78 is 0. The Kier molecular flexibility index (Phi) is 4.15. The SMILES string of the molecule is CC1CCN(Cc2ccccc2CN)CC1O. The van der Waals surface area contributed by atoms with Crippen molar-refractivity contribution in [2.75, 3.05) is 13.1 Å². The number of nitrogens with zero attached hydrogens (tertiary/aromatic N) is 1. The van der Waals surface area contributed by atoms with Crippen LogP contribution in [0.2, 0.25) is 0 Å². The van der Waals surface area contributed by atoms with Gasteiger partial charge in [-0.3, -0.25) is 4.90 Å². The van der Waals surface area contributed by atoms with Gasteiger partial charge in [0.25, 0.3) is 0 Å². The van der Waals surface area contributed by atoms with E-state index in [-0.39, 0.29) is 6.10 Å². The highest BCUT2D eigenvalue weighted by Crippen LogP contribution is 2.20. The number of benzene rings is 1. The molecule has 1 aliphatic heterocycles. The fourth-order valence-corrected chi connectivity index (χ4v) is 2.41. The number of piperidine rings is 1. The average molecular weight is 234 g/mol. The lowest BCUT2D eigenvalue weighted by Crippen LogP contribution is -2.42. The molecule has 2 unspecified atom stereocenters. The van der Waals surface area contributed by atoms with Crippen molar-refractivity contribution in [1.29, 1.82) is 0 Å². The minimum atomic E-state index is -0.186. The van der Waals surface area contributed by atoms with Crippen molar-refractivity contribution in [3.63, 3.8) is 0 Å². The van der Waals surface area contributed by atoms with Gasteiger partial charge < -0.3 is 10.8 Å². The van der Waals surface area contributed by atoms with Crippen LogP contribution in [0.3, 0.4) is 0 Å². The van der Waals surface area contributed by atoms with Crippen LogP contribution in [0.5, 0.6) is 0 Å². The molecule has 0 aliphatic carbocycles. The Morgan fingerprint density at radius 3 is 2.71 bits per heavy atom. The minimum Gasteiger partial charge on any atom is -0.392 e. The Balaban J connectivity index is 2.01. The van der Waals surface area contributed by atoms with Gasteiger partial charge in [0.05, 0.1) is 6.10 Å². The molecular formula is C14H22N2O. The molecule has 94 valence electrons. The number of hydrogen-bond donors (Lipinski definition) is 2. The van der Waals surface area contributed by atoms with Gasteiger partial charge in [0, 0.05) is 19.6 Å². The molecule has 1 aromatic carbocycles. The molecule has 0 aromatic heterocycles. The zero-order valence-corrected chi connectivity index (χ0v) is 10.5. The van der Waals surface area contributed by atoms with E-state index in [9.17, 15) is 5.11 Å². The van der Waals surface area contributed by atoms with Crippen LogP contribution in [0.4, 0.5) is 0 Å². The summed E-state index contributed by atoms with van der Waals surface area (Å²) in [6.45, 7) is 5.45. The Hall–Kier alpha value is -0.900. The second-order valence-corrected chi connectivity index (χ2v) is 5.04. The molecule has 2 atom stereocenters. The summed E-state index contributed by atoms with van der Waals surface area (Å²) >= 11 is 0. The quantitative estimate of drug-likeness (QED) is 0.830. The average Bonchev–Trinajstić information content (AvgIpc) is 2.34. The summed E-state index contributed by atoms with van der Waals surface area (Å²) in [5, 5.41) is 9.89. The van der Waals surface area contributed by atoms with Crippen molar-refractivity contribution in [2.24, 2.45) is 11.7 Å². The smallest absolute Gasteiger partial charge is 0.0693 e. The van der Waals surface area contributed by atoms with Crippen molar-refractivity contribution >= 4 is 0 Å². The van der Waals surface area contributed by atoms with Crippen molar-refractivity contribution < 1.29 is 5.11 Å². The van der Waals surface area contributed by atoms with E-state index < -0.39 is 0 Å². The second kappa shape index (κ2) is 5.63. The molecule has 1 fully saturated rings. The number of nitrogens with two attached hydrogens (primary N) is 1. The number of aliphatic hydroxyl groups is 1. The highest BCUT2D eigenvalue weighted by Gasteiger charge is 2.24. The highest BCUT2D eigenvalue weighted by molar-refractivity contribution is 5.26. The molecule has 1 heterocycles. The van der Waals surface area contributed by atoms with Gasteiger partial charge in [0.1, 0.15) is 0 Å². The molecular weight excluding hydrogens is 212 g/mol. The van der Waals surface area contributed by atoms with Crippen LogP contribution in [0.1, 0.15) is 24.5 Å². The van der Waals surface area contributed by atoms with Gasteiger partial charge >= 0.3 is 0 Å². The van der Waals surface area contributed by atoms with Gasteiger partial charge in [-0.1, -0.05) is 31.2 Å². The van der Waals surface area contributed by atoms with E-state index in [1.165, 1.54) is 11.1 Å². The van der Waals surface area contributed by atoms with Crippen LogP contribution in [0.25, 0.3) is 0 Å². The number of rotatable bonds is 3. The van der Waals surface area contributed by atoms with E-state index in [1.54, 1.807) is 0 Å². The third-order valence-corrected chi connectivity index (χ3v) is 3.74. The van der Waals surface area contributed by atoms with E-state index in [4.69, 9.17) is 5.73 Å².